The van der Waals surface area contributed by atoms with E-state index in [2.05, 4.69) is 5.32 Å². The van der Waals surface area contributed by atoms with Gasteiger partial charge in [-0.3, -0.25) is 0 Å². The molecule has 5 nitrogen and oxygen atoms in total. The van der Waals surface area contributed by atoms with Crippen LogP contribution in [0, 0.1) is 0 Å². The third-order valence-corrected chi connectivity index (χ3v) is 6.13. The van der Waals surface area contributed by atoms with Crippen molar-refractivity contribution in [3.05, 3.63) is 23.2 Å². The molecular formula is C15H24Cl2N2O3S. The van der Waals surface area contributed by atoms with Crippen molar-refractivity contribution < 1.29 is 13.2 Å². The molecule has 0 aromatic heterocycles. The molecule has 0 atom stereocenters. The first-order chi connectivity index (χ1) is 10.5. The summed E-state index contributed by atoms with van der Waals surface area (Å²) in [6.07, 6.45) is 2.46. The fourth-order valence-electron chi connectivity index (χ4n) is 2.76. The van der Waals surface area contributed by atoms with E-state index in [0.717, 1.165) is 32.4 Å². The Kier molecular flexibility index (Phi) is 8.10. The molecule has 23 heavy (non-hydrogen) atoms. The lowest BCUT2D eigenvalue weighted by Crippen LogP contribution is -2.46. The Morgan fingerprint density at radius 1 is 1.35 bits per heavy atom. The molecule has 1 aromatic rings. The van der Waals surface area contributed by atoms with Gasteiger partial charge < -0.3 is 10.1 Å². The van der Waals surface area contributed by atoms with Crippen molar-refractivity contribution in [1.29, 1.82) is 0 Å². The minimum Gasteiger partial charge on any atom is -0.495 e. The molecule has 1 aliphatic rings. The van der Waals surface area contributed by atoms with Crippen LogP contribution >= 0.6 is 24.0 Å². The molecule has 1 N–H and O–H groups in total. The lowest BCUT2D eigenvalue weighted by molar-refractivity contribution is 0.262. The Bertz CT molecular complexity index is 605. The quantitative estimate of drug-likeness (QED) is 0.821. The van der Waals surface area contributed by atoms with Crippen LogP contribution in [-0.2, 0) is 10.0 Å². The van der Waals surface area contributed by atoms with E-state index >= 15 is 0 Å². The van der Waals surface area contributed by atoms with Crippen molar-refractivity contribution in [1.82, 2.24) is 9.62 Å². The Balaban J connectivity index is 0.00000264. The summed E-state index contributed by atoms with van der Waals surface area (Å²) < 4.78 is 32.7. The van der Waals surface area contributed by atoms with Crippen LogP contribution in [0.4, 0.5) is 0 Å². The molecule has 0 bridgehead atoms. The number of methoxy groups -OCH3 is 1. The molecule has 0 amide bonds. The molecule has 0 aliphatic carbocycles. The van der Waals surface area contributed by atoms with E-state index in [9.17, 15) is 8.42 Å². The van der Waals surface area contributed by atoms with Crippen LogP contribution in [0.3, 0.4) is 0 Å². The van der Waals surface area contributed by atoms with Gasteiger partial charge in [-0.2, -0.15) is 4.31 Å². The van der Waals surface area contributed by atoms with Gasteiger partial charge in [-0.1, -0.05) is 18.5 Å². The normalized spacial score (nSPS) is 16.2. The summed E-state index contributed by atoms with van der Waals surface area (Å²) in [4.78, 5) is 0.227. The van der Waals surface area contributed by atoms with Gasteiger partial charge in [0.2, 0.25) is 10.0 Å². The molecule has 0 radical (unpaired) electrons. The van der Waals surface area contributed by atoms with Gasteiger partial charge in [0, 0.05) is 12.6 Å². The predicted octanol–water partition coefficient (Wildman–Crippen LogP) is 2.92. The highest BCUT2D eigenvalue weighted by Gasteiger charge is 2.32. The number of benzene rings is 1. The van der Waals surface area contributed by atoms with Crippen molar-refractivity contribution >= 4 is 34.0 Å². The van der Waals surface area contributed by atoms with Gasteiger partial charge >= 0.3 is 0 Å². The highest BCUT2D eigenvalue weighted by atomic mass is 35.5. The van der Waals surface area contributed by atoms with Crippen LogP contribution in [0.15, 0.2) is 23.1 Å². The Morgan fingerprint density at radius 2 is 2.00 bits per heavy atom. The minimum absolute atomic E-state index is 0. The second-order valence-electron chi connectivity index (χ2n) is 5.39. The summed E-state index contributed by atoms with van der Waals surface area (Å²) >= 11 is 6.09. The first kappa shape index (κ1) is 20.5. The van der Waals surface area contributed by atoms with Gasteiger partial charge in [0.1, 0.15) is 5.75 Å². The Hall–Kier alpha value is -0.530. The number of piperidine rings is 1. The zero-order chi connectivity index (χ0) is 16.2. The van der Waals surface area contributed by atoms with Gasteiger partial charge in [-0.05, 0) is 50.6 Å². The second-order valence-corrected chi connectivity index (χ2v) is 7.69. The Labute approximate surface area is 149 Å². The van der Waals surface area contributed by atoms with E-state index in [1.54, 1.807) is 16.4 Å². The standard InChI is InChI=1S/C15H23ClN2O3S.ClH/c1-3-10-18(12-6-8-17-9-7-12)22(19,20)13-4-5-15(21-2)14(16)11-13;/h4-5,11-12,17H,3,6-10H2,1-2H3;1H. The first-order valence-corrected chi connectivity index (χ1v) is 9.38. The summed E-state index contributed by atoms with van der Waals surface area (Å²) in [6, 6.07) is 4.68. The van der Waals surface area contributed by atoms with Crippen LogP contribution in [0.25, 0.3) is 0 Å². The van der Waals surface area contributed by atoms with E-state index in [0.29, 0.717) is 17.3 Å². The van der Waals surface area contributed by atoms with Crippen molar-refractivity contribution in [2.75, 3.05) is 26.7 Å². The fraction of sp³-hybridized carbons (Fsp3) is 0.600. The maximum atomic E-state index is 13.0. The van der Waals surface area contributed by atoms with Crippen molar-refractivity contribution in [2.24, 2.45) is 0 Å². The molecular weight excluding hydrogens is 359 g/mol. The maximum Gasteiger partial charge on any atom is 0.243 e. The first-order valence-electron chi connectivity index (χ1n) is 7.56. The number of rotatable bonds is 6. The van der Waals surface area contributed by atoms with E-state index in [-0.39, 0.29) is 23.3 Å². The van der Waals surface area contributed by atoms with Crippen LogP contribution < -0.4 is 10.1 Å². The number of nitrogens with one attached hydrogen (secondary N) is 1. The maximum absolute atomic E-state index is 13.0. The lowest BCUT2D eigenvalue weighted by atomic mass is 10.1. The van der Waals surface area contributed by atoms with Gasteiger partial charge in [-0.25, -0.2) is 8.42 Å². The van der Waals surface area contributed by atoms with Gasteiger partial charge in [0.25, 0.3) is 0 Å². The molecule has 8 heteroatoms. The monoisotopic (exact) mass is 382 g/mol. The van der Waals surface area contributed by atoms with Gasteiger partial charge in [-0.15, -0.1) is 12.4 Å². The summed E-state index contributed by atoms with van der Waals surface area (Å²) in [5, 5.41) is 3.58. The molecule has 132 valence electrons. The topological polar surface area (TPSA) is 58.6 Å². The van der Waals surface area contributed by atoms with E-state index < -0.39 is 10.0 Å². The van der Waals surface area contributed by atoms with Crippen molar-refractivity contribution in [3.8, 4) is 5.75 Å². The average Bonchev–Trinajstić information content (AvgIpc) is 2.53. The smallest absolute Gasteiger partial charge is 0.243 e. The average molecular weight is 383 g/mol. The van der Waals surface area contributed by atoms with Crippen LogP contribution in [0.5, 0.6) is 5.75 Å². The van der Waals surface area contributed by atoms with Gasteiger partial charge in [0.15, 0.2) is 0 Å². The zero-order valence-corrected chi connectivity index (χ0v) is 15.8. The van der Waals surface area contributed by atoms with E-state index in [4.69, 9.17) is 16.3 Å². The molecule has 1 aromatic carbocycles. The molecule has 0 saturated carbocycles. The molecule has 1 aliphatic heterocycles. The third-order valence-electron chi connectivity index (χ3n) is 3.89. The zero-order valence-electron chi connectivity index (χ0n) is 13.4. The number of sulfonamides is 1. The third kappa shape index (κ3) is 4.73. The molecule has 1 heterocycles. The number of hydrogen-bond acceptors (Lipinski definition) is 4. The summed E-state index contributed by atoms with van der Waals surface area (Å²) in [6.45, 7) is 4.22. The largest absolute Gasteiger partial charge is 0.495 e. The molecule has 0 unspecified atom stereocenters. The van der Waals surface area contributed by atoms with Crippen LogP contribution in [0.1, 0.15) is 26.2 Å². The Morgan fingerprint density at radius 3 is 2.52 bits per heavy atom. The second kappa shape index (κ2) is 9.08. The predicted molar refractivity (Wildman–Crippen MR) is 95.3 cm³/mol. The fourth-order valence-corrected chi connectivity index (χ4v) is 4.88. The molecule has 1 fully saturated rings. The van der Waals surface area contributed by atoms with Crippen LogP contribution in [-0.4, -0.2) is 45.5 Å². The SMILES string of the molecule is CCCN(C1CCNCC1)S(=O)(=O)c1ccc(OC)c(Cl)c1.Cl. The van der Waals surface area contributed by atoms with Crippen LogP contribution in [0.2, 0.25) is 5.02 Å². The highest BCUT2D eigenvalue weighted by Crippen LogP contribution is 2.30. The molecule has 1 saturated heterocycles. The highest BCUT2D eigenvalue weighted by molar-refractivity contribution is 7.89. The van der Waals surface area contributed by atoms with Crippen molar-refractivity contribution in [2.45, 2.75) is 37.1 Å². The summed E-state index contributed by atoms with van der Waals surface area (Å²) in [5.41, 5.74) is 0. The van der Waals surface area contributed by atoms with Gasteiger partial charge in [0.05, 0.1) is 17.0 Å². The number of ether oxygens (including phenoxy) is 1. The number of hydrogen-bond donors (Lipinski definition) is 1. The summed E-state index contributed by atoms with van der Waals surface area (Å²) in [5.74, 6) is 0.476. The lowest BCUT2D eigenvalue weighted by Gasteiger charge is -2.33. The van der Waals surface area contributed by atoms with E-state index in [1.807, 2.05) is 6.92 Å². The van der Waals surface area contributed by atoms with E-state index in [1.165, 1.54) is 13.2 Å². The number of halogens is 2. The van der Waals surface area contributed by atoms with Crippen molar-refractivity contribution in [3.63, 3.8) is 0 Å². The molecule has 0 spiro atoms. The number of nitrogens with zero attached hydrogens (tertiary/aromatic N) is 1. The minimum atomic E-state index is -3.54. The summed E-state index contributed by atoms with van der Waals surface area (Å²) in [7, 11) is -2.04. The molecule has 2 rings (SSSR count).